The lowest BCUT2D eigenvalue weighted by Gasteiger charge is -2.06. The number of aliphatic hydroxyl groups is 1. The molecule has 78 valence electrons. The quantitative estimate of drug-likeness (QED) is 0.823. The molecule has 0 aliphatic rings. The van der Waals surface area contributed by atoms with Crippen LogP contribution in [0.1, 0.15) is 16.8 Å². The molecule has 3 nitrogen and oxygen atoms in total. The van der Waals surface area contributed by atoms with Gasteiger partial charge in [-0.2, -0.15) is 0 Å². The maximum Gasteiger partial charge on any atom is 0.0952 e. The summed E-state index contributed by atoms with van der Waals surface area (Å²) in [6.07, 6.45) is 3.43. The van der Waals surface area contributed by atoms with Gasteiger partial charge in [-0.1, -0.05) is 29.8 Å². The van der Waals surface area contributed by atoms with Crippen LogP contribution in [0.3, 0.4) is 0 Å². The van der Waals surface area contributed by atoms with Crippen LogP contribution in [0.4, 0.5) is 0 Å². The molecule has 3 heteroatoms. The first-order valence-electron chi connectivity index (χ1n) is 4.95. The highest BCUT2D eigenvalue weighted by Crippen LogP contribution is 2.07. The zero-order valence-corrected chi connectivity index (χ0v) is 8.72. The van der Waals surface area contributed by atoms with Gasteiger partial charge in [0, 0.05) is 6.54 Å². The van der Waals surface area contributed by atoms with Crippen LogP contribution in [-0.4, -0.2) is 14.7 Å². The third-order valence-corrected chi connectivity index (χ3v) is 2.43. The van der Waals surface area contributed by atoms with Gasteiger partial charge in [-0.25, -0.2) is 4.98 Å². The van der Waals surface area contributed by atoms with Gasteiger partial charge in [0.25, 0.3) is 0 Å². The molecular formula is C12H14N2O. The van der Waals surface area contributed by atoms with Gasteiger partial charge in [-0.05, 0) is 12.5 Å². The zero-order valence-electron chi connectivity index (χ0n) is 8.72. The molecule has 1 heterocycles. The first-order valence-corrected chi connectivity index (χ1v) is 4.95. The second kappa shape index (κ2) is 4.28. The van der Waals surface area contributed by atoms with Crippen molar-refractivity contribution in [3.63, 3.8) is 0 Å². The van der Waals surface area contributed by atoms with E-state index in [1.54, 1.807) is 12.5 Å². The highest BCUT2D eigenvalue weighted by atomic mass is 16.3. The molecule has 0 spiro atoms. The van der Waals surface area contributed by atoms with E-state index in [9.17, 15) is 0 Å². The van der Waals surface area contributed by atoms with E-state index in [4.69, 9.17) is 5.11 Å². The van der Waals surface area contributed by atoms with Crippen molar-refractivity contribution < 1.29 is 5.11 Å². The fraction of sp³-hybridized carbons (Fsp3) is 0.250. The number of aryl methyl sites for hydroxylation is 1. The predicted molar refractivity (Wildman–Crippen MR) is 58.4 cm³/mol. The minimum atomic E-state index is 0.0336. The van der Waals surface area contributed by atoms with Crippen LogP contribution in [0, 0.1) is 6.92 Å². The largest absolute Gasteiger partial charge is 0.390 e. The first-order chi connectivity index (χ1) is 7.29. The lowest BCUT2D eigenvalue weighted by atomic mass is 10.1. The minimum Gasteiger partial charge on any atom is -0.390 e. The molecule has 1 aromatic heterocycles. The van der Waals surface area contributed by atoms with Crippen LogP contribution < -0.4 is 0 Å². The smallest absolute Gasteiger partial charge is 0.0952 e. The highest BCUT2D eigenvalue weighted by molar-refractivity contribution is 5.21. The minimum absolute atomic E-state index is 0.0336. The molecule has 1 aromatic carbocycles. The van der Waals surface area contributed by atoms with Gasteiger partial charge in [0.15, 0.2) is 0 Å². The molecule has 0 amide bonds. The Morgan fingerprint density at radius 1 is 1.27 bits per heavy atom. The molecule has 0 aliphatic carbocycles. The van der Waals surface area contributed by atoms with Crippen LogP contribution in [0.5, 0.6) is 0 Å². The van der Waals surface area contributed by atoms with Crippen molar-refractivity contribution in [3.05, 3.63) is 53.6 Å². The Hall–Kier alpha value is -1.61. The molecule has 0 fully saturated rings. The monoisotopic (exact) mass is 202 g/mol. The maximum absolute atomic E-state index is 9.07. The second-order valence-corrected chi connectivity index (χ2v) is 3.66. The molecule has 2 aromatic rings. The Morgan fingerprint density at radius 2 is 2.00 bits per heavy atom. The third kappa shape index (κ3) is 2.25. The summed E-state index contributed by atoms with van der Waals surface area (Å²) in [7, 11) is 0. The van der Waals surface area contributed by atoms with E-state index in [1.807, 2.05) is 4.57 Å². The maximum atomic E-state index is 9.07. The van der Waals surface area contributed by atoms with Crippen LogP contribution in [0.15, 0.2) is 36.8 Å². The molecule has 15 heavy (non-hydrogen) atoms. The summed E-state index contributed by atoms with van der Waals surface area (Å²) < 4.78 is 1.95. The molecule has 1 N–H and O–H groups in total. The van der Waals surface area contributed by atoms with Gasteiger partial charge in [-0.15, -0.1) is 0 Å². The van der Waals surface area contributed by atoms with E-state index in [-0.39, 0.29) is 6.61 Å². The number of hydrogen-bond acceptors (Lipinski definition) is 2. The number of hydrogen-bond donors (Lipinski definition) is 1. The Balaban J connectivity index is 2.18. The third-order valence-electron chi connectivity index (χ3n) is 2.43. The summed E-state index contributed by atoms with van der Waals surface area (Å²) in [4.78, 5) is 4.01. The lowest BCUT2D eigenvalue weighted by molar-refractivity contribution is 0.271. The normalized spacial score (nSPS) is 10.5. The molecule has 2 rings (SSSR count). The Labute approximate surface area is 89.0 Å². The molecule has 0 saturated carbocycles. The summed E-state index contributed by atoms with van der Waals surface area (Å²) >= 11 is 0. The van der Waals surface area contributed by atoms with Gasteiger partial charge in [0.1, 0.15) is 0 Å². The number of rotatable bonds is 3. The van der Waals surface area contributed by atoms with Crippen molar-refractivity contribution >= 4 is 0 Å². The van der Waals surface area contributed by atoms with E-state index in [0.717, 1.165) is 12.2 Å². The molecule has 0 atom stereocenters. The van der Waals surface area contributed by atoms with Crippen LogP contribution in [0.2, 0.25) is 0 Å². The Bertz CT molecular complexity index is 431. The first kappa shape index (κ1) is 9.93. The van der Waals surface area contributed by atoms with Gasteiger partial charge in [-0.3, -0.25) is 0 Å². The fourth-order valence-electron chi connectivity index (χ4n) is 1.51. The second-order valence-electron chi connectivity index (χ2n) is 3.66. The van der Waals surface area contributed by atoms with Gasteiger partial charge in [0.2, 0.25) is 0 Å². The zero-order chi connectivity index (χ0) is 10.7. The van der Waals surface area contributed by atoms with Crippen LogP contribution in [0.25, 0.3) is 0 Å². The predicted octanol–water partition coefficient (Wildman–Crippen LogP) is 1.73. The Kier molecular flexibility index (Phi) is 2.83. The van der Waals surface area contributed by atoms with Crippen molar-refractivity contribution in [2.24, 2.45) is 0 Å². The molecule has 0 unspecified atom stereocenters. The summed E-state index contributed by atoms with van der Waals surface area (Å²) in [5.41, 5.74) is 3.32. The van der Waals surface area contributed by atoms with E-state index >= 15 is 0 Å². The van der Waals surface area contributed by atoms with Gasteiger partial charge < -0.3 is 9.67 Å². The molecule has 0 aliphatic heterocycles. The molecule has 0 saturated heterocycles. The summed E-state index contributed by atoms with van der Waals surface area (Å²) in [5, 5.41) is 9.07. The molecular weight excluding hydrogens is 188 g/mol. The lowest BCUT2D eigenvalue weighted by Crippen LogP contribution is -2.02. The van der Waals surface area contributed by atoms with Gasteiger partial charge in [0.05, 0.1) is 24.8 Å². The number of imidazole rings is 1. The van der Waals surface area contributed by atoms with Crippen LogP contribution >= 0.6 is 0 Å². The van der Waals surface area contributed by atoms with Crippen molar-refractivity contribution in [2.45, 2.75) is 20.1 Å². The van der Waals surface area contributed by atoms with Crippen LogP contribution in [-0.2, 0) is 13.2 Å². The van der Waals surface area contributed by atoms with E-state index < -0.39 is 0 Å². The fourth-order valence-corrected chi connectivity index (χ4v) is 1.51. The topological polar surface area (TPSA) is 38.0 Å². The molecule has 0 bridgehead atoms. The number of aliphatic hydroxyl groups excluding tert-OH is 1. The average molecular weight is 202 g/mol. The SMILES string of the molecule is Cc1ccc(Cn2cncc2CO)cc1. The number of nitrogens with zero attached hydrogens (tertiary/aromatic N) is 2. The summed E-state index contributed by atoms with van der Waals surface area (Å²) in [6, 6.07) is 8.36. The number of benzene rings is 1. The summed E-state index contributed by atoms with van der Waals surface area (Å²) in [6.45, 7) is 2.86. The average Bonchev–Trinajstić information content (AvgIpc) is 2.69. The number of aromatic nitrogens is 2. The van der Waals surface area contributed by atoms with Crippen molar-refractivity contribution in [3.8, 4) is 0 Å². The standard InChI is InChI=1S/C12H14N2O/c1-10-2-4-11(5-3-10)7-14-9-13-6-12(14)8-15/h2-6,9,15H,7-8H2,1H3. The van der Waals surface area contributed by atoms with Crippen molar-refractivity contribution in [1.29, 1.82) is 0 Å². The van der Waals surface area contributed by atoms with Gasteiger partial charge >= 0.3 is 0 Å². The van der Waals surface area contributed by atoms with E-state index in [2.05, 4.69) is 36.2 Å². The highest BCUT2D eigenvalue weighted by Gasteiger charge is 2.00. The van der Waals surface area contributed by atoms with Crippen molar-refractivity contribution in [2.75, 3.05) is 0 Å². The van der Waals surface area contributed by atoms with E-state index in [0.29, 0.717) is 0 Å². The summed E-state index contributed by atoms with van der Waals surface area (Å²) in [5.74, 6) is 0. The van der Waals surface area contributed by atoms with Crippen molar-refractivity contribution in [1.82, 2.24) is 9.55 Å². The molecule has 0 radical (unpaired) electrons. The Morgan fingerprint density at radius 3 is 2.67 bits per heavy atom. The van der Waals surface area contributed by atoms with E-state index in [1.165, 1.54) is 11.1 Å².